The van der Waals surface area contributed by atoms with Gasteiger partial charge in [-0.2, -0.15) is 0 Å². The van der Waals surface area contributed by atoms with Crippen molar-refractivity contribution in [1.29, 1.82) is 0 Å². The highest BCUT2D eigenvalue weighted by Crippen LogP contribution is 2.20. The van der Waals surface area contributed by atoms with Gasteiger partial charge in [0.2, 0.25) is 0 Å². The summed E-state index contributed by atoms with van der Waals surface area (Å²) in [4.78, 5) is 6.93. The van der Waals surface area contributed by atoms with Gasteiger partial charge in [-0.15, -0.1) is 0 Å². The van der Waals surface area contributed by atoms with Crippen LogP contribution in [0.1, 0.15) is 39.7 Å². The third-order valence-electron chi connectivity index (χ3n) is 5.00. The van der Waals surface area contributed by atoms with Crippen LogP contribution in [-0.4, -0.2) is 41.6 Å². The first-order chi connectivity index (χ1) is 10.1. The van der Waals surface area contributed by atoms with E-state index >= 15 is 0 Å². The van der Waals surface area contributed by atoms with Gasteiger partial charge in [0.05, 0.1) is 0 Å². The van der Waals surface area contributed by atoms with Crippen molar-refractivity contribution >= 4 is 0 Å². The van der Waals surface area contributed by atoms with E-state index in [2.05, 4.69) is 49.0 Å². The van der Waals surface area contributed by atoms with Crippen molar-refractivity contribution in [3.05, 3.63) is 30.1 Å². The molecule has 3 heteroatoms. The molecule has 0 saturated carbocycles. The van der Waals surface area contributed by atoms with Crippen LogP contribution in [0.5, 0.6) is 0 Å². The van der Waals surface area contributed by atoms with E-state index in [0.717, 1.165) is 25.4 Å². The standard InChI is InChI=1S/C18H31N3/c1-5-15(4)17-13-21(18(12-20-17)14(2)3)10-8-16-7-6-9-19-11-16/h6-7,9,11,14-15,17-18,20H,5,8,10,12-13H2,1-4H3. The highest BCUT2D eigenvalue weighted by molar-refractivity contribution is 5.09. The molecule has 1 aliphatic rings. The number of nitrogens with zero attached hydrogens (tertiary/aromatic N) is 2. The molecule has 0 amide bonds. The third kappa shape index (κ3) is 4.52. The smallest absolute Gasteiger partial charge is 0.0300 e. The van der Waals surface area contributed by atoms with Crippen molar-refractivity contribution in [1.82, 2.24) is 15.2 Å². The zero-order valence-electron chi connectivity index (χ0n) is 14.0. The van der Waals surface area contributed by atoms with Crippen LogP contribution in [0.15, 0.2) is 24.5 Å². The van der Waals surface area contributed by atoms with Gasteiger partial charge in [-0.05, 0) is 29.9 Å². The highest BCUT2D eigenvalue weighted by Gasteiger charge is 2.31. The van der Waals surface area contributed by atoms with Crippen LogP contribution in [0.2, 0.25) is 0 Å². The summed E-state index contributed by atoms with van der Waals surface area (Å²) in [6, 6.07) is 5.52. The molecule has 1 aromatic heterocycles. The van der Waals surface area contributed by atoms with Crippen LogP contribution in [0.3, 0.4) is 0 Å². The topological polar surface area (TPSA) is 28.2 Å². The molecule has 0 aliphatic carbocycles. The van der Waals surface area contributed by atoms with E-state index in [0.29, 0.717) is 18.0 Å². The van der Waals surface area contributed by atoms with Crippen LogP contribution in [0.4, 0.5) is 0 Å². The quantitative estimate of drug-likeness (QED) is 0.872. The van der Waals surface area contributed by atoms with Crippen molar-refractivity contribution in [3.63, 3.8) is 0 Å². The zero-order chi connectivity index (χ0) is 15.2. The molecule has 1 saturated heterocycles. The first-order valence-electron chi connectivity index (χ1n) is 8.48. The number of hydrogen-bond acceptors (Lipinski definition) is 3. The molecule has 1 fully saturated rings. The average Bonchev–Trinajstić information content (AvgIpc) is 2.52. The Morgan fingerprint density at radius 1 is 1.38 bits per heavy atom. The molecule has 0 spiro atoms. The van der Waals surface area contributed by atoms with Crippen molar-refractivity contribution < 1.29 is 0 Å². The first-order valence-corrected chi connectivity index (χ1v) is 8.48. The Morgan fingerprint density at radius 3 is 2.81 bits per heavy atom. The van der Waals surface area contributed by atoms with Gasteiger partial charge >= 0.3 is 0 Å². The number of piperazine rings is 1. The summed E-state index contributed by atoms with van der Waals surface area (Å²) in [6.07, 6.45) is 6.20. The maximum absolute atomic E-state index is 4.23. The number of pyridine rings is 1. The predicted octanol–water partition coefficient (Wildman–Crippen LogP) is 2.97. The summed E-state index contributed by atoms with van der Waals surface area (Å²) >= 11 is 0. The molecule has 0 aromatic carbocycles. The van der Waals surface area contributed by atoms with Crippen LogP contribution >= 0.6 is 0 Å². The second-order valence-electron chi connectivity index (χ2n) is 6.82. The fourth-order valence-electron chi connectivity index (χ4n) is 3.25. The van der Waals surface area contributed by atoms with Crippen LogP contribution in [0.25, 0.3) is 0 Å². The van der Waals surface area contributed by atoms with E-state index in [1.165, 1.54) is 18.5 Å². The molecular formula is C18H31N3. The number of hydrogen-bond donors (Lipinski definition) is 1. The molecule has 118 valence electrons. The monoisotopic (exact) mass is 289 g/mol. The summed E-state index contributed by atoms with van der Waals surface area (Å²) < 4.78 is 0. The fraction of sp³-hybridized carbons (Fsp3) is 0.722. The van der Waals surface area contributed by atoms with Crippen molar-refractivity contribution in [2.75, 3.05) is 19.6 Å². The lowest BCUT2D eigenvalue weighted by atomic mass is 9.92. The molecule has 1 aliphatic heterocycles. The largest absolute Gasteiger partial charge is 0.311 e. The van der Waals surface area contributed by atoms with Gasteiger partial charge in [0, 0.05) is 44.1 Å². The Labute approximate surface area is 130 Å². The minimum atomic E-state index is 0.638. The first kappa shape index (κ1) is 16.4. The molecule has 0 bridgehead atoms. The molecule has 3 atom stereocenters. The predicted molar refractivity (Wildman–Crippen MR) is 89.4 cm³/mol. The molecule has 3 unspecified atom stereocenters. The second-order valence-corrected chi connectivity index (χ2v) is 6.82. The summed E-state index contributed by atoms with van der Waals surface area (Å²) in [7, 11) is 0. The van der Waals surface area contributed by atoms with Gasteiger partial charge in [0.25, 0.3) is 0 Å². The molecule has 1 aromatic rings. The Kier molecular flexibility index (Phi) is 6.19. The van der Waals surface area contributed by atoms with E-state index in [1.807, 2.05) is 18.5 Å². The van der Waals surface area contributed by atoms with E-state index in [9.17, 15) is 0 Å². The lowest BCUT2D eigenvalue weighted by molar-refractivity contribution is 0.0831. The van der Waals surface area contributed by atoms with Gasteiger partial charge in [-0.1, -0.05) is 40.2 Å². The highest BCUT2D eigenvalue weighted by atomic mass is 15.2. The van der Waals surface area contributed by atoms with Gasteiger partial charge in [0.1, 0.15) is 0 Å². The van der Waals surface area contributed by atoms with E-state index in [4.69, 9.17) is 0 Å². The summed E-state index contributed by atoms with van der Waals surface area (Å²) in [6.45, 7) is 12.8. The molecule has 2 rings (SSSR count). The summed E-state index contributed by atoms with van der Waals surface area (Å²) in [5, 5.41) is 3.78. The van der Waals surface area contributed by atoms with E-state index < -0.39 is 0 Å². The second kappa shape index (κ2) is 7.90. The maximum atomic E-state index is 4.23. The van der Waals surface area contributed by atoms with Crippen LogP contribution in [-0.2, 0) is 6.42 Å². The summed E-state index contributed by atoms with van der Waals surface area (Å²) in [5.74, 6) is 1.45. The number of nitrogens with one attached hydrogen (secondary N) is 1. The summed E-state index contributed by atoms with van der Waals surface area (Å²) in [5.41, 5.74) is 1.35. The normalized spacial score (nSPS) is 25.2. The Morgan fingerprint density at radius 2 is 2.19 bits per heavy atom. The average molecular weight is 289 g/mol. The third-order valence-corrected chi connectivity index (χ3v) is 5.00. The zero-order valence-corrected chi connectivity index (χ0v) is 14.0. The Bertz CT molecular complexity index is 404. The van der Waals surface area contributed by atoms with Crippen LogP contribution < -0.4 is 5.32 Å². The molecule has 0 radical (unpaired) electrons. The van der Waals surface area contributed by atoms with E-state index in [-0.39, 0.29) is 0 Å². The molecular weight excluding hydrogens is 258 g/mol. The van der Waals surface area contributed by atoms with Gasteiger partial charge in [-0.3, -0.25) is 9.88 Å². The molecule has 2 heterocycles. The van der Waals surface area contributed by atoms with Crippen molar-refractivity contribution in [2.24, 2.45) is 11.8 Å². The van der Waals surface area contributed by atoms with Gasteiger partial charge < -0.3 is 5.32 Å². The lowest BCUT2D eigenvalue weighted by Crippen LogP contribution is -2.60. The fourth-order valence-corrected chi connectivity index (χ4v) is 3.25. The van der Waals surface area contributed by atoms with Crippen LogP contribution in [0, 0.1) is 11.8 Å². The Balaban J connectivity index is 1.97. The number of aromatic nitrogens is 1. The minimum absolute atomic E-state index is 0.638. The number of rotatable bonds is 6. The minimum Gasteiger partial charge on any atom is -0.311 e. The van der Waals surface area contributed by atoms with Crippen molar-refractivity contribution in [2.45, 2.75) is 52.6 Å². The molecule has 3 nitrogen and oxygen atoms in total. The Hall–Kier alpha value is -0.930. The van der Waals surface area contributed by atoms with Gasteiger partial charge in [0.15, 0.2) is 0 Å². The van der Waals surface area contributed by atoms with Crippen molar-refractivity contribution in [3.8, 4) is 0 Å². The SMILES string of the molecule is CCC(C)C1CN(CCc2cccnc2)C(C(C)C)CN1. The molecule has 1 N–H and O–H groups in total. The van der Waals surface area contributed by atoms with Gasteiger partial charge in [-0.25, -0.2) is 0 Å². The maximum Gasteiger partial charge on any atom is 0.0300 e. The lowest BCUT2D eigenvalue weighted by Gasteiger charge is -2.44. The molecule has 21 heavy (non-hydrogen) atoms. The van der Waals surface area contributed by atoms with E-state index in [1.54, 1.807) is 0 Å².